The topological polar surface area (TPSA) is 81.1 Å². The summed E-state index contributed by atoms with van der Waals surface area (Å²) in [6.07, 6.45) is 3.65. The lowest BCUT2D eigenvalue weighted by molar-refractivity contribution is 0.0954. The molecule has 0 radical (unpaired) electrons. The number of carbonyl (C=O) groups is 1. The average Bonchev–Trinajstić information content (AvgIpc) is 2.97. The Bertz CT molecular complexity index is 721. The largest absolute Gasteiger partial charge is 0.352 e. The fourth-order valence-corrected chi connectivity index (χ4v) is 3.69. The maximum Gasteiger partial charge on any atom is 0.270 e. The summed E-state index contributed by atoms with van der Waals surface area (Å²) < 4.78 is 23.9. The molecule has 2 aromatic heterocycles. The summed E-state index contributed by atoms with van der Waals surface area (Å²) in [5.41, 5.74) is 0.489. The molecule has 20 heavy (non-hydrogen) atoms. The van der Waals surface area contributed by atoms with Crippen LogP contribution >= 0.6 is 22.0 Å². The lowest BCUT2D eigenvalue weighted by Gasteiger charge is -2.01. The van der Waals surface area contributed by atoms with Crippen molar-refractivity contribution in [2.24, 2.45) is 7.05 Å². The minimum atomic E-state index is -3.67. The molecular formula is C11H12ClN3O3S2. The van der Waals surface area contributed by atoms with Crippen LogP contribution in [0.4, 0.5) is 0 Å². The minimum absolute atomic E-state index is 0.118. The Labute approximate surface area is 124 Å². The molecule has 0 aromatic carbocycles. The van der Waals surface area contributed by atoms with Crippen molar-refractivity contribution in [3.8, 4) is 0 Å². The Kier molecular flexibility index (Phi) is 4.46. The molecule has 108 valence electrons. The fourth-order valence-electron chi connectivity index (χ4n) is 1.56. The predicted octanol–water partition coefficient (Wildman–Crippen LogP) is 1.38. The van der Waals surface area contributed by atoms with Crippen LogP contribution in [0.25, 0.3) is 0 Å². The molecule has 2 rings (SSSR count). The van der Waals surface area contributed by atoms with E-state index in [0.717, 1.165) is 16.2 Å². The van der Waals surface area contributed by atoms with Crippen molar-refractivity contribution in [1.82, 2.24) is 15.1 Å². The van der Waals surface area contributed by atoms with Gasteiger partial charge in [-0.2, -0.15) is 5.10 Å². The standard InChI is InChI=1S/C11H12ClN3O3S2/c1-15-7-8(6-14-15)11(16)13-5-4-9-2-3-10(19-9)20(12,17)18/h2-3,6-7H,4-5H2,1H3,(H,13,16). The first-order valence-corrected chi connectivity index (χ1v) is 8.79. The van der Waals surface area contributed by atoms with E-state index in [-0.39, 0.29) is 10.1 Å². The molecule has 0 unspecified atom stereocenters. The number of aromatic nitrogens is 2. The van der Waals surface area contributed by atoms with Crippen LogP contribution in [0.2, 0.25) is 0 Å². The predicted molar refractivity (Wildman–Crippen MR) is 76.6 cm³/mol. The van der Waals surface area contributed by atoms with Crippen molar-refractivity contribution >= 4 is 37.0 Å². The molecule has 1 N–H and O–H groups in total. The molecule has 2 aromatic rings. The van der Waals surface area contributed by atoms with E-state index in [4.69, 9.17) is 10.7 Å². The van der Waals surface area contributed by atoms with Gasteiger partial charge in [-0.3, -0.25) is 9.48 Å². The van der Waals surface area contributed by atoms with Crippen LogP contribution in [0.1, 0.15) is 15.2 Å². The van der Waals surface area contributed by atoms with Crippen molar-refractivity contribution in [1.29, 1.82) is 0 Å². The van der Waals surface area contributed by atoms with E-state index < -0.39 is 9.05 Å². The third kappa shape index (κ3) is 3.81. The van der Waals surface area contributed by atoms with Gasteiger partial charge in [0.1, 0.15) is 4.21 Å². The van der Waals surface area contributed by atoms with E-state index >= 15 is 0 Å². The SMILES string of the molecule is Cn1cc(C(=O)NCCc2ccc(S(=O)(=O)Cl)s2)cn1. The highest BCUT2D eigenvalue weighted by Gasteiger charge is 2.13. The second-order valence-electron chi connectivity index (χ2n) is 4.07. The molecule has 0 aliphatic rings. The van der Waals surface area contributed by atoms with Crippen LogP contribution in [0.15, 0.2) is 28.7 Å². The third-order valence-electron chi connectivity index (χ3n) is 2.50. The molecule has 9 heteroatoms. The van der Waals surface area contributed by atoms with Gasteiger partial charge in [0.15, 0.2) is 0 Å². The number of hydrogen-bond donors (Lipinski definition) is 1. The number of rotatable bonds is 5. The molecule has 1 amide bonds. The maximum atomic E-state index is 11.7. The number of thiophene rings is 1. The smallest absolute Gasteiger partial charge is 0.270 e. The van der Waals surface area contributed by atoms with E-state index in [2.05, 4.69) is 10.4 Å². The van der Waals surface area contributed by atoms with E-state index in [0.29, 0.717) is 18.5 Å². The Morgan fingerprint density at radius 2 is 2.25 bits per heavy atom. The molecule has 0 bridgehead atoms. The van der Waals surface area contributed by atoms with Crippen LogP contribution < -0.4 is 5.32 Å². The first-order chi connectivity index (χ1) is 9.36. The Balaban J connectivity index is 1.87. The fraction of sp³-hybridized carbons (Fsp3) is 0.273. The highest BCUT2D eigenvalue weighted by atomic mass is 35.7. The zero-order valence-electron chi connectivity index (χ0n) is 10.5. The molecule has 2 heterocycles. The average molecular weight is 334 g/mol. The van der Waals surface area contributed by atoms with Gasteiger partial charge in [0.2, 0.25) is 0 Å². The zero-order chi connectivity index (χ0) is 14.8. The van der Waals surface area contributed by atoms with Gasteiger partial charge in [0.25, 0.3) is 15.0 Å². The van der Waals surface area contributed by atoms with E-state index in [1.807, 2.05) is 0 Å². The number of aryl methyl sites for hydroxylation is 1. The van der Waals surface area contributed by atoms with E-state index in [1.54, 1.807) is 24.0 Å². The van der Waals surface area contributed by atoms with Gasteiger partial charge in [-0.1, -0.05) is 0 Å². The van der Waals surface area contributed by atoms with Gasteiger partial charge >= 0.3 is 0 Å². The lowest BCUT2D eigenvalue weighted by atomic mass is 10.3. The summed E-state index contributed by atoms with van der Waals surface area (Å²) in [6, 6.07) is 3.15. The van der Waals surface area contributed by atoms with Crippen molar-refractivity contribution < 1.29 is 13.2 Å². The molecule has 0 fully saturated rings. The Morgan fingerprint density at radius 3 is 2.80 bits per heavy atom. The molecule has 0 spiro atoms. The zero-order valence-corrected chi connectivity index (χ0v) is 12.9. The van der Waals surface area contributed by atoms with Crippen LogP contribution in [0.5, 0.6) is 0 Å². The number of nitrogens with one attached hydrogen (secondary N) is 1. The maximum absolute atomic E-state index is 11.7. The number of amides is 1. The van der Waals surface area contributed by atoms with Gasteiger partial charge < -0.3 is 5.32 Å². The van der Waals surface area contributed by atoms with Crippen molar-refractivity contribution in [3.05, 3.63) is 35.0 Å². The molecule has 0 saturated heterocycles. The molecule has 0 aliphatic carbocycles. The monoisotopic (exact) mass is 333 g/mol. The van der Waals surface area contributed by atoms with Crippen LogP contribution in [0.3, 0.4) is 0 Å². The number of hydrogen-bond acceptors (Lipinski definition) is 5. The Hall–Kier alpha value is -1.38. The van der Waals surface area contributed by atoms with Gasteiger partial charge in [-0.15, -0.1) is 11.3 Å². The summed E-state index contributed by atoms with van der Waals surface area (Å²) in [5, 5.41) is 6.65. The molecular weight excluding hydrogens is 322 g/mol. The van der Waals surface area contributed by atoms with E-state index in [9.17, 15) is 13.2 Å². The second-order valence-corrected chi connectivity index (χ2v) is 8.03. The van der Waals surface area contributed by atoms with Crippen molar-refractivity contribution in [2.45, 2.75) is 10.6 Å². The van der Waals surface area contributed by atoms with Gasteiger partial charge in [0, 0.05) is 35.3 Å². The molecule has 0 saturated carbocycles. The first-order valence-electron chi connectivity index (χ1n) is 5.66. The van der Waals surface area contributed by atoms with Crippen LogP contribution in [-0.4, -0.2) is 30.7 Å². The van der Waals surface area contributed by atoms with Crippen LogP contribution in [-0.2, 0) is 22.5 Å². The van der Waals surface area contributed by atoms with Gasteiger partial charge in [0.05, 0.1) is 11.8 Å². The molecule has 6 nitrogen and oxygen atoms in total. The number of carbonyl (C=O) groups excluding carboxylic acids is 1. The summed E-state index contributed by atoms with van der Waals surface area (Å²) in [7, 11) is 3.30. The molecule has 0 atom stereocenters. The summed E-state index contributed by atoms with van der Waals surface area (Å²) in [5.74, 6) is -0.208. The van der Waals surface area contributed by atoms with E-state index in [1.165, 1.54) is 12.3 Å². The normalized spacial score (nSPS) is 11.5. The van der Waals surface area contributed by atoms with Crippen molar-refractivity contribution in [2.75, 3.05) is 6.54 Å². The highest BCUT2D eigenvalue weighted by molar-refractivity contribution is 8.15. The van der Waals surface area contributed by atoms with Gasteiger partial charge in [-0.25, -0.2) is 8.42 Å². The minimum Gasteiger partial charge on any atom is -0.352 e. The summed E-state index contributed by atoms with van der Waals surface area (Å²) in [6.45, 7) is 0.413. The molecule has 0 aliphatic heterocycles. The number of halogens is 1. The van der Waals surface area contributed by atoms with Crippen molar-refractivity contribution in [3.63, 3.8) is 0 Å². The summed E-state index contributed by atoms with van der Waals surface area (Å²) in [4.78, 5) is 12.6. The lowest BCUT2D eigenvalue weighted by Crippen LogP contribution is -2.25. The third-order valence-corrected chi connectivity index (χ3v) is 5.74. The summed E-state index contributed by atoms with van der Waals surface area (Å²) >= 11 is 1.10. The quantitative estimate of drug-likeness (QED) is 0.838. The first kappa shape index (κ1) is 15.0. The number of nitrogens with zero attached hydrogens (tertiary/aromatic N) is 2. The highest BCUT2D eigenvalue weighted by Crippen LogP contribution is 2.24. The van der Waals surface area contributed by atoms with Gasteiger partial charge in [-0.05, 0) is 18.6 Å². The second kappa shape index (κ2) is 5.94. The van der Waals surface area contributed by atoms with Crippen LogP contribution in [0, 0.1) is 0 Å². The Morgan fingerprint density at radius 1 is 1.50 bits per heavy atom.